The van der Waals surface area contributed by atoms with Gasteiger partial charge in [0.25, 0.3) is 0 Å². The molecule has 0 aromatic heterocycles. The van der Waals surface area contributed by atoms with Crippen LogP contribution in [0.3, 0.4) is 0 Å². The Balaban J connectivity index is 1.98. The second-order valence-corrected chi connectivity index (χ2v) is 5.81. The summed E-state index contributed by atoms with van der Waals surface area (Å²) in [5, 5.41) is 3.14. The zero-order valence-corrected chi connectivity index (χ0v) is 14.5. The van der Waals surface area contributed by atoms with Crippen molar-refractivity contribution in [2.45, 2.75) is 6.92 Å². The number of esters is 1. The first-order valence-electron chi connectivity index (χ1n) is 6.61. The second-order valence-electron chi connectivity index (χ2n) is 4.51. The third-order valence-electron chi connectivity index (χ3n) is 2.66. The van der Waals surface area contributed by atoms with Crippen molar-refractivity contribution < 1.29 is 19.1 Å². The van der Waals surface area contributed by atoms with Crippen molar-refractivity contribution in [2.75, 3.05) is 11.9 Å². The minimum absolute atomic E-state index is 0.255. The Morgan fingerprint density at radius 1 is 1.17 bits per heavy atom. The summed E-state index contributed by atoms with van der Waals surface area (Å²) in [4.78, 5) is 23.0. The molecule has 1 N–H and O–H groups in total. The molecule has 0 aliphatic rings. The van der Waals surface area contributed by atoms with E-state index in [9.17, 15) is 9.59 Å². The lowest BCUT2D eigenvalue weighted by atomic mass is 10.3. The highest BCUT2D eigenvalue weighted by Crippen LogP contribution is 2.28. The number of rotatable bonds is 5. The van der Waals surface area contributed by atoms with Gasteiger partial charge in [-0.15, -0.1) is 0 Å². The summed E-state index contributed by atoms with van der Waals surface area (Å²) in [6, 6.07) is 11.6. The molecule has 7 heteroatoms. The van der Waals surface area contributed by atoms with E-state index >= 15 is 0 Å². The lowest BCUT2D eigenvalue weighted by Gasteiger charge is -2.11. The molecule has 0 atom stereocenters. The van der Waals surface area contributed by atoms with Crippen LogP contribution in [0.1, 0.15) is 6.92 Å². The van der Waals surface area contributed by atoms with Gasteiger partial charge in [-0.05, 0) is 46.3 Å². The van der Waals surface area contributed by atoms with Crippen LogP contribution in [0.4, 0.5) is 5.69 Å². The number of ether oxygens (including phenoxy) is 2. The van der Waals surface area contributed by atoms with Crippen molar-refractivity contribution in [2.24, 2.45) is 0 Å². The summed E-state index contributed by atoms with van der Waals surface area (Å²) >= 11 is 9.13. The van der Waals surface area contributed by atoms with Crippen molar-refractivity contribution >= 4 is 45.1 Å². The van der Waals surface area contributed by atoms with E-state index in [1.165, 1.54) is 6.92 Å². The van der Waals surface area contributed by atoms with Crippen LogP contribution in [0.25, 0.3) is 0 Å². The number of amides is 1. The molecule has 0 unspecified atom stereocenters. The second kappa shape index (κ2) is 7.99. The predicted octanol–water partition coefficient (Wildman–Crippen LogP) is 4.05. The third-order valence-corrected chi connectivity index (χ3v) is 3.52. The molecular formula is C16H13BrClNO4. The highest BCUT2D eigenvalue weighted by molar-refractivity contribution is 9.10. The molecule has 0 fully saturated rings. The molecule has 5 nitrogen and oxygen atoms in total. The number of nitrogens with one attached hydrogen (secondary N) is 1. The normalized spacial score (nSPS) is 10.0. The first-order chi connectivity index (χ1) is 11.0. The van der Waals surface area contributed by atoms with Gasteiger partial charge in [0.15, 0.2) is 12.4 Å². The van der Waals surface area contributed by atoms with Crippen LogP contribution < -0.4 is 14.8 Å². The largest absolute Gasteiger partial charge is 0.481 e. The van der Waals surface area contributed by atoms with Gasteiger partial charge in [-0.3, -0.25) is 4.79 Å². The fourth-order valence-corrected chi connectivity index (χ4v) is 2.53. The Morgan fingerprint density at radius 3 is 2.61 bits per heavy atom. The molecule has 2 aromatic rings. The number of carbonyl (C=O) groups is 2. The Kier molecular flexibility index (Phi) is 6.01. The number of hydrogen-bond acceptors (Lipinski definition) is 4. The summed E-state index contributed by atoms with van der Waals surface area (Å²) in [6.07, 6.45) is 0. The van der Waals surface area contributed by atoms with E-state index in [1.807, 2.05) is 0 Å². The Bertz CT molecular complexity index is 736. The summed E-state index contributed by atoms with van der Waals surface area (Å²) < 4.78 is 11.2. The molecule has 1 amide bonds. The number of halogens is 2. The number of carbonyl (C=O) groups excluding carboxylic acids is 2. The minimum Gasteiger partial charge on any atom is -0.481 e. The minimum atomic E-state index is -0.593. The lowest BCUT2D eigenvalue weighted by molar-refractivity contribution is -0.136. The number of para-hydroxylation sites is 2. The molecule has 2 aromatic carbocycles. The van der Waals surface area contributed by atoms with Crippen LogP contribution in [0, 0.1) is 0 Å². The first kappa shape index (κ1) is 17.3. The van der Waals surface area contributed by atoms with Crippen LogP contribution in [-0.4, -0.2) is 18.5 Å². The smallest absolute Gasteiger partial charge is 0.349 e. The van der Waals surface area contributed by atoms with Gasteiger partial charge < -0.3 is 14.8 Å². The van der Waals surface area contributed by atoms with Gasteiger partial charge in [-0.2, -0.15) is 0 Å². The predicted molar refractivity (Wildman–Crippen MR) is 91.0 cm³/mol. The fourth-order valence-electron chi connectivity index (χ4n) is 1.73. The van der Waals surface area contributed by atoms with Crippen LogP contribution in [0.5, 0.6) is 11.5 Å². The molecule has 0 saturated carbocycles. The molecule has 0 bridgehead atoms. The van der Waals surface area contributed by atoms with Crippen molar-refractivity contribution in [1.29, 1.82) is 0 Å². The van der Waals surface area contributed by atoms with Crippen molar-refractivity contribution in [3.63, 3.8) is 0 Å². The molecule has 23 heavy (non-hydrogen) atoms. The SMILES string of the molecule is CC(=O)Nc1ccccc1OC(=O)COc1ccc(Cl)cc1Br. The zero-order valence-electron chi connectivity index (χ0n) is 12.1. The average molecular weight is 399 g/mol. The van der Waals surface area contributed by atoms with Gasteiger partial charge in [0.2, 0.25) is 5.91 Å². The van der Waals surface area contributed by atoms with Gasteiger partial charge in [0, 0.05) is 11.9 Å². The van der Waals surface area contributed by atoms with Gasteiger partial charge in [-0.25, -0.2) is 4.79 Å². The maximum absolute atomic E-state index is 11.9. The van der Waals surface area contributed by atoms with Crippen molar-refractivity contribution in [3.05, 3.63) is 52.0 Å². The van der Waals surface area contributed by atoms with Crippen LogP contribution in [0.2, 0.25) is 5.02 Å². The number of hydrogen-bond donors (Lipinski definition) is 1. The molecule has 0 heterocycles. The van der Waals surface area contributed by atoms with Crippen LogP contribution >= 0.6 is 27.5 Å². The fraction of sp³-hybridized carbons (Fsp3) is 0.125. The highest BCUT2D eigenvalue weighted by atomic mass is 79.9. The van der Waals surface area contributed by atoms with Crippen molar-refractivity contribution in [1.82, 2.24) is 0 Å². The number of benzene rings is 2. The first-order valence-corrected chi connectivity index (χ1v) is 7.78. The van der Waals surface area contributed by atoms with Crippen LogP contribution in [0.15, 0.2) is 46.9 Å². The molecule has 0 radical (unpaired) electrons. The van der Waals surface area contributed by atoms with E-state index in [0.29, 0.717) is 20.9 Å². The molecule has 0 aliphatic carbocycles. The standard InChI is InChI=1S/C16H13BrClNO4/c1-10(20)19-13-4-2-3-5-15(13)23-16(21)9-22-14-7-6-11(18)8-12(14)17/h2-8H,9H2,1H3,(H,19,20). The van der Waals surface area contributed by atoms with Gasteiger partial charge in [0.05, 0.1) is 10.2 Å². The average Bonchev–Trinajstić information content (AvgIpc) is 2.48. The van der Waals surface area contributed by atoms with E-state index in [4.69, 9.17) is 21.1 Å². The Hall–Kier alpha value is -2.05. The monoisotopic (exact) mass is 397 g/mol. The van der Waals surface area contributed by atoms with Gasteiger partial charge in [-0.1, -0.05) is 23.7 Å². The maximum atomic E-state index is 11.9. The van der Waals surface area contributed by atoms with E-state index in [1.54, 1.807) is 42.5 Å². The Morgan fingerprint density at radius 2 is 1.91 bits per heavy atom. The molecule has 0 spiro atoms. The van der Waals surface area contributed by atoms with Gasteiger partial charge >= 0.3 is 5.97 Å². The summed E-state index contributed by atoms with van der Waals surface area (Å²) in [7, 11) is 0. The maximum Gasteiger partial charge on any atom is 0.349 e. The zero-order chi connectivity index (χ0) is 16.8. The molecular weight excluding hydrogens is 386 g/mol. The van der Waals surface area contributed by atoms with Gasteiger partial charge in [0.1, 0.15) is 5.75 Å². The molecule has 0 aliphatic heterocycles. The topological polar surface area (TPSA) is 64.6 Å². The third kappa shape index (κ3) is 5.26. The molecule has 120 valence electrons. The summed E-state index contributed by atoms with van der Waals surface area (Å²) in [5.41, 5.74) is 0.418. The summed E-state index contributed by atoms with van der Waals surface area (Å²) in [5.74, 6) is -0.118. The van der Waals surface area contributed by atoms with E-state index in [2.05, 4.69) is 21.2 Å². The lowest BCUT2D eigenvalue weighted by Crippen LogP contribution is -2.19. The highest BCUT2D eigenvalue weighted by Gasteiger charge is 2.11. The summed E-state index contributed by atoms with van der Waals surface area (Å²) in [6.45, 7) is 1.09. The van der Waals surface area contributed by atoms with Crippen LogP contribution in [-0.2, 0) is 9.59 Å². The van der Waals surface area contributed by atoms with Crippen molar-refractivity contribution in [3.8, 4) is 11.5 Å². The molecule has 0 saturated heterocycles. The number of anilines is 1. The quantitative estimate of drug-likeness (QED) is 0.610. The van der Waals surface area contributed by atoms with E-state index in [0.717, 1.165) is 0 Å². The Labute approximate surface area is 146 Å². The molecule has 2 rings (SSSR count). The van der Waals surface area contributed by atoms with E-state index < -0.39 is 5.97 Å². The van der Waals surface area contributed by atoms with E-state index in [-0.39, 0.29) is 18.3 Å².